The first-order chi connectivity index (χ1) is 5.70. The Labute approximate surface area is 76.7 Å². The topological polar surface area (TPSA) is 37.4 Å². The lowest BCUT2D eigenvalue weighted by molar-refractivity contribution is -0.133. The number of carbonyl (C=O) groups excluding carboxylic acids is 2. The average molecular weight is 190 g/mol. The first-order valence-electron chi connectivity index (χ1n) is 4.16. The molecule has 0 spiro atoms. The lowest BCUT2D eigenvalue weighted by Crippen LogP contribution is -2.36. The second kappa shape index (κ2) is 4.45. The predicted octanol–water partition coefficient (Wildman–Crippen LogP) is 1.15. The summed E-state index contributed by atoms with van der Waals surface area (Å²) in [4.78, 5) is 23.3. The molecule has 0 N–H and O–H groups in total. The number of hydrogen-bond acceptors (Lipinski definition) is 2. The van der Waals surface area contributed by atoms with Gasteiger partial charge in [0.2, 0.25) is 11.1 Å². The van der Waals surface area contributed by atoms with E-state index in [0.29, 0.717) is 13.0 Å². The molecule has 0 aliphatic carbocycles. The summed E-state index contributed by atoms with van der Waals surface area (Å²) in [5.41, 5.74) is 0. The number of amides is 1. The molecule has 0 atom stereocenters. The van der Waals surface area contributed by atoms with Crippen LogP contribution < -0.4 is 0 Å². The zero-order chi connectivity index (χ0) is 8.97. The van der Waals surface area contributed by atoms with Gasteiger partial charge in [0.05, 0.1) is 0 Å². The van der Waals surface area contributed by atoms with Gasteiger partial charge in [-0.15, -0.1) is 0 Å². The number of hydrogen-bond donors (Lipinski definition) is 0. The minimum absolute atomic E-state index is 0.152. The molecule has 4 heteroatoms. The zero-order valence-electron chi connectivity index (χ0n) is 6.88. The van der Waals surface area contributed by atoms with E-state index in [-0.39, 0.29) is 17.6 Å². The van der Waals surface area contributed by atoms with E-state index < -0.39 is 0 Å². The van der Waals surface area contributed by atoms with Crippen LogP contribution in [0, 0.1) is 0 Å². The molecule has 12 heavy (non-hydrogen) atoms. The number of rotatable bonds is 3. The van der Waals surface area contributed by atoms with Crippen molar-refractivity contribution in [2.75, 3.05) is 13.1 Å². The Balaban J connectivity index is 2.29. The van der Waals surface area contributed by atoms with Crippen LogP contribution in [0.15, 0.2) is 0 Å². The van der Waals surface area contributed by atoms with Gasteiger partial charge in [-0.3, -0.25) is 9.59 Å². The normalized spacial score (nSPS) is 18.1. The van der Waals surface area contributed by atoms with Gasteiger partial charge >= 0.3 is 0 Å². The van der Waals surface area contributed by atoms with E-state index in [9.17, 15) is 9.59 Å². The summed E-state index contributed by atoms with van der Waals surface area (Å²) in [5.74, 6) is 0.152. The highest BCUT2D eigenvalue weighted by Crippen LogP contribution is 2.10. The Morgan fingerprint density at radius 3 is 2.83 bits per heavy atom. The van der Waals surface area contributed by atoms with Crippen LogP contribution in [-0.4, -0.2) is 29.1 Å². The Bertz CT molecular complexity index is 193. The maximum absolute atomic E-state index is 11.2. The van der Waals surface area contributed by atoms with Crippen LogP contribution in [0.3, 0.4) is 0 Å². The SMILES string of the molecule is O=C(Cl)CCN1CCCCC1=O. The van der Waals surface area contributed by atoms with Crippen molar-refractivity contribution in [1.29, 1.82) is 0 Å². The Morgan fingerprint density at radius 1 is 1.50 bits per heavy atom. The van der Waals surface area contributed by atoms with E-state index in [1.807, 2.05) is 0 Å². The van der Waals surface area contributed by atoms with E-state index >= 15 is 0 Å². The summed E-state index contributed by atoms with van der Waals surface area (Å²) in [5, 5.41) is -0.367. The standard InChI is InChI=1S/C8H12ClNO2/c9-7(11)4-6-10-5-2-1-3-8(10)12/h1-6H2. The van der Waals surface area contributed by atoms with Crippen molar-refractivity contribution in [2.45, 2.75) is 25.7 Å². The fourth-order valence-electron chi connectivity index (χ4n) is 1.32. The highest BCUT2D eigenvalue weighted by molar-refractivity contribution is 6.63. The van der Waals surface area contributed by atoms with Crippen molar-refractivity contribution in [3.8, 4) is 0 Å². The van der Waals surface area contributed by atoms with E-state index in [2.05, 4.69) is 0 Å². The molecule has 68 valence electrons. The van der Waals surface area contributed by atoms with Crippen molar-refractivity contribution in [2.24, 2.45) is 0 Å². The fraction of sp³-hybridized carbons (Fsp3) is 0.750. The number of carbonyl (C=O) groups is 2. The first-order valence-corrected chi connectivity index (χ1v) is 4.54. The average Bonchev–Trinajstić information content (AvgIpc) is 2.03. The van der Waals surface area contributed by atoms with Gasteiger partial charge < -0.3 is 4.90 Å². The molecule has 1 rings (SSSR count). The molecule has 0 radical (unpaired) electrons. The largest absolute Gasteiger partial charge is 0.342 e. The summed E-state index contributed by atoms with van der Waals surface area (Å²) in [6, 6.07) is 0. The molecule has 1 amide bonds. The third kappa shape index (κ3) is 2.81. The van der Waals surface area contributed by atoms with Crippen molar-refractivity contribution < 1.29 is 9.59 Å². The molecule has 0 aromatic carbocycles. The van der Waals surface area contributed by atoms with Crippen LogP contribution in [0.25, 0.3) is 0 Å². The molecule has 1 aliphatic rings. The van der Waals surface area contributed by atoms with Crippen LogP contribution in [0.5, 0.6) is 0 Å². The Morgan fingerprint density at radius 2 is 2.25 bits per heavy atom. The molecule has 0 saturated carbocycles. The molecule has 1 heterocycles. The summed E-state index contributed by atoms with van der Waals surface area (Å²) in [7, 11) is 0. The van der Waals surface area contributed by atoms with E-state index in [0.717, 1.165) is 19.4 Å². The summed E-state index contributed by atoms with van der Waals surface area (Å²) < 4.78 is 0. The maximum atomic E-state index is 11.2. The molecule has 0 aromatic rings. The fourth-order valence-corrected chi connectivity index (χ4v) is 1.41. The molecule has 0 bridgehead atoms. The van der Waals surface area contributed by atoms with Gasteiger partial charge in [-0.1, -0.05) is 0 Å². The highest BCUT2D eigenvalue weighted by Gasteiger charge is 2.17. The first kappa shape index (κ1) is 9.52. The second-order valence-corrected chi connectivity index (χ2v) is 3.36. The number of likely N-dealkylation sites (tertiary alicyclic amines) is 1. The maximum Gasteiger partial charge on any atom is 0.223 e. The summed E-state index contributed by atoms with van der Waals surface area (Å²) >= 11 is 5.17. The monoisotopic (exact) mass is 189 g/mol. The molecule has 1 fully saturated rings. The molecule has 0 aromatic heterocycles. The smallest absolute Gasteiger partial charge is 0.223 e. The van der Waals surface area contributed by atoms with E-state index in [1.165, 1.54) is 0 Å². The number of halogens is 1. The predicted molar refractivity (Wildman–Crippen MR) is 45.9 cm³/mol. The van der Waals surface area contributed by atoms with Crippen LogP contribution in [0.2, 0.25) is 0 Å². The van der Waals surface area contributed by atoms with Crippen molar-refractivity contribution in [3.63, 3.8) is 0 Å². The van der Waals surface area contributed by atoms with Gasteiger partial charge in [-0.2, -0.15) is 0 Å². The van der Waals surface area contributed by atoms with Crippen molar-refractivity contribution in [3.05, 3.63) is 0 Å². The zero-order valence-corrected chi connectivity index (χ0v) is 7.64. The molecular formula is C8H12ClNO2. The number of nitrogens with zero attached hydrogens (tertiary/aromatic N) is 1. The van der Waals surface area contributed by atoms with Gasteiger partial charge in [0.25, 0.3) is 0 Å². The number of piperidine rings is 1. The quantitative estimate of drug-likeness (QED) is 0.625. The lowest BCUT2D eigenvalue weighted by atomic mass is 10.1. The van der Waals surface area contributed by atoms with Crippen LogP contribution in [0.1, 0.15) is 25.7 Å². The molecular weight excluding hydrogens is 178 g/mol. The van der Waals surface area contributed by atoms with Crippen molar-refractivity contribution in [1.82, 2.24) is 4.90 Å². The van der Waals surface area contributed by atoms with Crippen LogP contribution in [-0.2, 0) is 9.59 Å². The lowest BCUT2D eigenvalue weighted by Gasteiger charge is -2.25. The Kier molecular flexibility index (Phi) is 3.53. The van der Waals surface area contributed by atoms with Crippen molar-refractivity contribution >= 4 is 22.8 Å². The summed E-state index contributed by atoms with van der Waals surface area (Å²) in [6.07, 6.45) is 2.91. The minimum Gasteiger partial charge on any atom is -0.342 e. The van der Waals surface area contributed by atoms with Crippen LogP contribution >= 0.6 is 11.6 Å². The van der Waals surface area contributed by atoms with Gasteiger partial charge in [-0.25, -0.2) is 0 Å². The molecule has 3 nitrogen and oxygen atoms in total. The Hall–Kier alpha value is -0.570. The third-order valence-corrected chi connectivity index (χ3v) is 2.19. The van der Waals surface area contributed by atoms with E-state index in [1.54, 1.807) is 4.90 Å². The van der Waals surface area contributed by atoms with E-state index in [4.69, 9.17) is 11.6 Å². The van der Waals surface area contributed by atoms with Gasteiger partial charge in [-0.05, 0) is 24.4 Å². The molecule has 1 aliphatic heterocycles. The van der Waals surface area contributed by atoms with Gasteiger partial charge in [0, 0.05) is 25.9 Å². The molecule has 1 saturated heterocycles. The van der Waals surface area contributed by atoms with Gasteiger partial charge in [0.15, 0.2) is 0 Å². The van der Waals surface area contributed by atoms with Gasteiger partial charge in [0.1, 0.15) is 0 Å². The third-order valence-electron chi connectivity index (χ3n) is 2.00. The van der Waals surface area contributed by atoms with Crippen LogP contribution in [0.4, 0.5) is 0 Å². The highest BCUT2D eigenvalue weighted by atomic mass is 35.5. The second-order valence-electron chi connectivity index (χ2n) is 2.94. The minimum atomic E-state index is -0.367. The molecule has 0 unspecified atom stereocenters. The summed E-state index contributed by atoms with van der Waals surface area (Å²) in [6.45, 7) is 1.27.